The highest BCUT2D eigenvalue weighted by Crippen LogP contribution is 2.29. The fraction of sp³-hybridized carbons (Fsp3) is 0.824. The summed E-state index contributed by atoms with van der Waals surface area (Å²) in [5, 5.41) is 12.9. The first-order chi connectivity index (χ1) is 11.4. The van der Waals surface area contributed by atoms with Crippen LogP contribution < -0.4 is 5.32 Å². The fourth-order valence-corrected chi connectivity index (χ4v) is 4.26. The molecule has 1 atom stereocenters. The van der Waals surface area contributed by atoms with Crippen LogP contribution in [0.15, 0.2) is 0 Å². The third-order valence-corrected chi connectivity index (χ3v) is 6.07. The minimum Gasteiger partial charge on any atom is -0.381 e. The summed E-state index contributed by atoms with van der Waals surface area (Å²) in [7, 11) is 0. The molecule has 0 saturated carbocycles. The highest BCUT2D eigenvalue weighted by molar-refractivity contribution is 7.15. The lowest BCUT2D eigenvalue weighted by atomic mass is 9.96. The molecule has 1 N–H and O–H groups in total. The second-order valence-corrected chi connectivity index (χ2v) is 8.72. The Hall–Kier alpha value is -1.05. The predicted molar refractivity (Wildman–Crippen MR) is 95.4 cm³/mol. The molecular formula is C17H28N4O2S. The number of anilines is 1. The van der Waals surface area contributed by atoms with E-state index in [1.165, 1.54) is 17.8 Å². The van der Waals surface area contributed by atoms with Crippen molar-refractivity contribution >= 4 is 22.4 Å². The Morgan fingerprint density at radius 3 is 2.62 bits per heavy atom. The summed E-state index contributed by atoms with van der Waals surface area (Å²) in [6.07, 6.45) is 5.26. The van der Waals surface area contributed by atoms with E-state index in [1.807, 2.05) is 0 Å². The third-order valence-electron chi connectivity index (χ3n) is 4.80. The Bertz CT molecular complexity index is 563. The van der Waals surface area contributed by atoms with Crippen molar-refractivity contribution in [2.45, 2.75) is 70.4 Å². The van der Waals surface area contributed by atoms with E-state index in [-0.39, 0.29) is 17.4 Å². The van der Waals surface area contributed by atoms with Gasteiger partial charge in [0.2, 0.25) is 11.0 Å². The van der Waals surface area contributed by atoms with E-state index >= 15 is 0 Å². The van der Waals surface area contributed by atoms with Crippen LogP contribution in [-0.2, 0) is 14.9 Å². The Kier molecular flexibility index (Phi) is 5.52. The van der Waals surface area contributed by atoms with Crippen LogP contribution in [0.1, 0.15) is 57.9 Å². The van der Waals surface area contributed by atoms with Crippen molar-refractivity contribution in [1.82, 2.24) is 15.1 Å². The van der Waals surface area contributed by atoms with E-state index in [2.05, 4.69) is 41.2 Å². The van der Waals surface area contributed by atoms with Crippen molar-refractivity contribution < 1.29 is 9.53 Å². The van der Waals surface area contributed by atoms with Crippen LogP contribution in [0.4, 0.5) is 5.13 Å². The van der Waals surface area contributed by atoms with Gasteiger partial charge in [0.25, 0.3) is 0 Å². The number of rotatable bonds is 3. The molecule has 2 fully saturated rings. The fourth-order valence-electron chi connectivity index (χ4n) is 3.45. The summed E-state index contributed by atoms with van der Waals surface area (Å²) in [5.41, 5.74) is -0.0420. The summed E-state index contributed by atoms with van der Waals surface area (Å²) in [4.78, 5) is 15.2. The molecule has 0 spiro atoms. The zero-order valence-electron chi connectivity index (χ0n) is 14.9. The van der Waals surface area contributed by atoms with Gasteiger partial charge in [0.05, 0.1) is 6.04 Å². The maximum absolute atomic E-state index is 12.8. The zero-order chi connectivity index (χ0) is 17.2. The summed E-state index contributed by atoms with van der Waals surface area (Å²) in [5.74, 6) is 0.0674. The topological polar surface area (TPSA) is 67.4 Å². The molecule has 6 nitrogen and oxygen atoms in total. The van der Waals surface area contributed by atoms with Gasteiger partial charge in [-0.3, -0.25) is 15.0 Å². The Labute approximate surface area is 148 Å². The Balaban J connectivity index is 1.66. The molecule has 3 rings (SSSR count). The van der Waals surface area contributed by atoms with Crippen LogP contribution in [-0.4, -0.2) is 52.8 Å². The molecule has 0 bridgehead atoms. The van der Waals surface area contributed by atoms with Crippen molar-refractivity contribution in [1.29, 1.82) is 0 Å². The molecule has 1 aromatic rings. The number of hydrogen-bond acceptors (Lipinski definition) is 6. The molecule has 0 aromatic carbocycles. The van der Waals surface area contributed by atoms with Gasteiger partial charge in [-0.15, -0.1) is 10.2 Å². The standard InChI is InChI=1S/C17H28N4O2S/c1-17(2,3)15-19-20-16(24-15)18-14(22)13-6-4-5-9-21(13)12-7-10-23-11-8-12/h12-13H,4-11H2,1-3H3,(H,18,20,22). The third kappa shape index (κ3) is 4.13. The zero-order valence-corrected chi connectivity index (χ0v) is 15.7. The van der Waals surface area contributed by atoms with Gasteiger partial charge in [0.1, 0.15) is 5.01 Å². The predicted octanol–water partition coefficient (Wildman–Crippen LogP) is 2.81. The lowest BCUT2D eigenvalue weighted by Gasteiger charge is -2.41. The van der Waals surface area contributed by atoms with Gasteiger partial charge in [0.15, 0.2) is 0 Å². The molecule has 7 heteroatoms. The van der Waals surface area contributed by atoms with Crippen molar-refractivity contribution in [3.63, 3.8) is 0 Å². The average Bonchev–Trinajstić information content (AvgIpc) is 3.04. The number of carbonyl (C=O) groups is 1. The number of ether oxygens (including phenoxy) is 1. The minimum atomic E-state index is -0.0520. The average molecular weight is 353 g/mol. The molecule has 1 unspecified atom stereocenters. The molecule has 1 amide bonds. The van der Waals surface area contributed by atoms with Gasteiger partial charge in [0, 0.05) is 24.7 Å². The monoisotopic (exact) mass is 352 g/mol. The van der Waals surface area contributed by atoms with E-state index in [1.54, 1.807) is 0 Å². The lowest BCUT2D eigenvalue weighted by Crippen LogP contribution is -2.53. The van der Waals surface area contributed by atoms with E-state index in [9.17, 15) is 4.79 Å². The first-order valence-electron chi connectivity index (χ1n) is 8.93. The Morgan fingerprint density at radius 1 is 1.21 bits per heavy atom. The number of nitrogens with zero attached hydrogens (tertiary/aromatic N) is 3. The van der Waals surface area contributed by atoms with Crippen LogP contribution >= 0.6 is 11.3 Å². The van der Waals surface area contributed by atoms with Gasteiger partial charge in [-0.1, -0.05) is 38.5 Å². The second-order valence-electron chi connectivity index (χ2n) is 7.74. The summed E-state index contributed by atoms with van der Waals surface area (Å²) in [6, 6.07) is 0.415. The van der Waals surface area contributed by atoms with Gasteiger partial charge in [-0.2, -0.15) is 0 Å². The quantitative estimate of drug-likeness (QED) is 0.906. The maximum Gasteiger partial charge on any atom is 0.243 e. The molecule has 24 heavy (non-hydrogen) atoms. The number of piperidine rings is 1. The molecular weight excluding hydrogens is 324 g/mol. The van der Waals surface area contributed by atoms with E-state index in [0.29, 0.717) is 11.2 Å². The van der Waals surface area contributed by atoms with E-state index in [4.69, 9.17) is 4.74 Å². The highest BCUT2D eigenvalue weighted by Gasteiger charge is 2.34. The van der Waals surface area contributed by atoms with Gasteiger partial charge < -0.3 is 4.74 Å². The van der Waals surface area contributed by atoms with Crippen molar-refractivity contribution in [2.75, 3.05) is 25.1 Å². The molecule has 0 aliphatic carbocycles. The van der Waals surface area contributed by atoms with Crippen molar-refractivity contribution in [2.24, 2.45) is 0 Å². The largest absolute Gasteiger partial charge is 0.381 e. The molecule has 2 aliphatic heterocycles. The number of carbonyl (C=O) groups excluding carboxylic acids is 1. The van der Waals surface area contributed by atoms with Crippen molar-refractivity contribution in [3.05, 3.63) is 5.01 Å². The normalized spacial score (nSPS) is 24.0. The first-order valence-corrected chi connectivity index (χ1v) is 9.75. The molecule has 0 radical (unpaired) electrons. The van der Waals surface area contributed by atoms with Gasteiger partial charge in [-0.25, -0.2) is 0 Å². The molecule has 1 aromatic heterocycles. The first kappa shape index (κ1) is 17.8. The van der Waals surface area contributed by atoms with Crippen LogP contribution in [0, 0.1) is 0 Å². The molecule has 3 heterocycles. The summed E-state index contributed by atoms with van der Waals surface area (Å²) in [6.45, 7) is 8.93. The van der Waals surface area contributed by atoms with E-state index in [0.717, 1.165) is 50.4 Å². The summed E-state index contributed by atoms with van der Waals surface area (Å²) < 4.78 is 5.47. The number of aromatic nitrogens is 2. The molecule has 2 saturated heterocycles. The maximum atomic E-state index is 12.8. The van der Waals surface area contributed by atoms with Crippen LogP contribution in [0.5, 0.6) is 0 Å². The molecule has 2 aliphatic rings. The molecule has 134 valence electrons. The minimum absolute atomic E-state index is 0.0420. The van der Waals surface area contributed by atoms with Gasteiger partial charge >= 0.3 is 0 Å². The highest BCUT2D eigenvalue weighted by atomic mass is 32.1. The second kappa shape index (κ2) is 7.45. The summed E-state index contributed by atoms with van der Waals surface area (Å²) >= 11 is 1.48. The number of hydrogen-bond donors (Lipinski definition) is 1. The number of nitrogens with one attached hydrogen (secondary N) is 1. The van der Waals surface area contributed by atoms with E-state index < -0.39 is 0 Å². The lowest BCUT2D eigenvalue weighted by molar-refractivity contribution is -0.124. The van der Waals surface area contributed by atoms with Crippen LogP contribution in [0.2, 0.25) is 0 Å². The van der Waals surface area contributed by atoms with Crippen LogP contribution in [0.3, 0.4) is 0 Å². The number of amides is 1. The smallest absolute Gasteiger partial charge is 0.243 e. The Morgan fingerprint density at radius 2 is 1.96 bits per heavy atom. The number of likely N-dealkylation sites (tertiary alicyclic amines) is 1. The SMILES string of the molecule is CC(C)(C)c1nnc(NC(=O)C2CCCCN2C2CCOCC2)s1. The van der Waals surface area contributed by atoms with Crippen LogP contribution in [0.25, 0.3) is 0 Å². The van der Waals surface area contributed by atoms with Gasteiger partial charge in [-0.05, 0) is 32.2 Å². The van der Waals surface area contributed by atoms with Crippen molar-refractivity contribution in [3.8, 4) is 0 Å².